The molecular formula is C23H26N2O4. The van der Waals surface area contributed by atoms with Crippen LogP contribution in [0.2, 0.25) is 0 Å². The summed E-state index contributed by atoms with van der Waals surface area (Å²) in [5, 5.41) is 12.0. The summed E-state index contributed by atoms with van der Waals surface area (Å²) < 4.78 is 11.9. The molecule has 2 atom stereocenters. The number of carbonyl (C=O) groups excluding carboxylic acids is 1. The molecule has 1 amide bonds. The first kappa shape index (κ1) is 19.6. The van der Waals surface area contributed by atoms with E-state index in [1.165, 1.54) is 19.3 Å². The van der Waals surface area contributed by atoms with Crippen LogP contribution in [-0.4, -0.2) is 22.3 Å². The van der Waals surface area contributed by atoms with Gasteiger partial charge in [-0.15, -0.1) is 0 Å². The zero-order valence-corrected chi connectivity index (χ0v) is 16.3. The molecule has 0 spiro atoms. The Morgan fingerprint density at radius 2 is 2.00 bits per heavy atom. The van der Waals surface area contributed by atoms with E-state index in [4.69, 9.17) is 14.6 Å². The summed E-state index contributed by atoms with van der Waals surface area (Å²) in [5.74, 6) is 0.921. The van der Waals surface area contributed by atoms with Crippen molar-refractivity contribution in [3.05, 3.63) is 71.8 Å². The summed E-state index contributed by atoms with van der Waals surface area (Å²) in [7, 11) is 0. The van der Waals surface area contributed by atoms with E-state index in [-0.39, 0.29) is 18.4 Å². The first-order valence-electron chi connectivity index (χ1n) is 10.1. The quantitative estimate of drug-likeness (QED) is 0.747. The third-order valence-electron chi connectivity index (χ3n) is 5.63. The number of aliphatic hydroxyl groups excluding tert-OH is 1. The van der Waals surface area contributed by atoms with Crippen LogP contribution in [0.5, 0.6) is 0 Å². The van der Waals surface area contributed by atoms with E-state index >= 15 is 0 Å². The third kappa shape index (κ3) is 5.02. The predicted molar refractivity (Wildman–Crippen MR) is 108 cm³/mol. The van der Waals surface area contributed by atoms with E-state index in [2.05, 4.69) is 10.3 Å². The van der Waals surface area contributed by atoms with Crippen LogP contribution in [0, 0.1) is 11.8 Å². The lowest BCUT2D eigenvalue weighted by atomic mass is 9.73. The number of hydrogen-bond acceptors (Lipinski definition) is 5. The van der Waals surface area contributed by atoms with Crippen molar-refractivity contribution in [2.75, 3.05) is 5.32 Å². The van der Waals surface area contributed by atoms with Gasteiger partial charge in [0, 0.05) is 12.6 Å². The fourth-order valence-electron chi connectivity index (χ4n) is 3.70. The number of nitrogens with zero attached hydrogens (tertiary/aromatic N) is 1. The molecule has 29 heavy (non-hydrogen) atoms. The minimum Gasteiger partial charge on any atom is -0.459 e. The average molecular weight is 394 g/mol. The Kier molecular flexibility index (Phi) is 6.22. The highest BCUT2D eigenvalue weighted by Gasteiger charge is 2.34. The van der Waals surface area contributed by atoms with Crippen molar-refractivity contribution in [3.8, 4) is 0 Å². The van der Waals surface area contributed by atoms with Gasteiger partial charge in [0.05, 0.1) is 25.1 Å². The highest BCUT2D eigenvalue weighted by atomic mass is 16.7. The Balaban J connectivity index is 1.41. The number of rotatable bonds is 7. The molecule has 2 aliphatic rings. The van der Waals surface area contributed by atoms with Gasteiger partial charge in [0.2, 0.25) is 6.29 Å². The number of ether oxygens (including phenoxy) is 2. The second-order valence-electron chi connectivity index (χ2n) is 7.65. The lowest BCUT2D eigenvalue weighted by molar-refractivity contribution is -0.154. The molecule has 0 radical (unpaired) electrons. The highest BCUT2D eigenvalue weighted by molar-refractivity contribution is 6.02. The van der Waals surface area contributed by atoms with E-state index in [9.17, 15) is 4.79 Å². The maximum atomic E-state index is 12.7. The number of nitrogens with one attached hydrogen (secondary N) is 1. The Bertz CT molecular complexity index is 847. The molecule has 1 aromatic heterocycles. The summed E-state index contributed by atoms with van der Waals surface area (Å²) in [6.07, 6.45) is 9.15. The molecule has 2 aromatic rings. The molecule has 6 heteroatoms. The largest absolute Gasteiger partial charge is 0.459 e. The molecule has 2 heterocycles. The molecule has 0 unspecified atom stereocenters. The molecular weight excluding hydrogens is 368 g/mol. The van der Waals surface area contributed by atoms with Crippen LogP contribution in [0.25, 0.3) is 0 Å². The van der Waals surface area contributed by atoms with Gasteiger partial charge in [-0.3, -0.25) is 9.78 Å². The topological polar surface area (TPSA) is 80.7 Å². The van der Waals surface area contributed by atoms with Crippen molar-refractivity contribution in [2.24, 2.45) is 11.8 Å². The number of amides is 1. The van der Waals surface area contributed by atoms with E-state index in [0.29, 0.717) is 24.0 Å². The molecule has 1 saturated carbocycles. The van der Waals surface area contributed by atoms with Gasteiger partial charge in [-0.1, -0.05) is 30.7 Å². The number of pyridine rings is 1. The van der Waals surface area contributed by atoms with Crippen LogP contribution in [0.15, 0.2) is 60.6 Å². The summed E-state index contributed by atoms with van der Waals surface area (Å²) in [4.78, 5) is 16.7. The van der Waals surface area contributed by atoms with Crippen LogP contribution in [0.4, 0.5) is 5.69 Å². The lowest BCUT2D eigenvalue weighted by Gasteiger charge is -2.37. The van der Waals surface area contributed by atoms with Gasteiger partial charge in [-0.05, 0) is 54.0 Å². The number of carbonyl (C=O) groups is 1. The summed E-state index contributed by atoms with van der Waals surface area (Å²) in [5.41, 5.74) is 2.50. The molecule has 1 fully saturated rings. The second kappa shape index (κ2) is 9.20. The smallest absolute Gasteiger partial charge is 0.290 e. The van der Waals surface area contributed by atoms with Crippen LogP contribution in [0.3, 0.4) is 0 Å². The zero-order valence-electron chi connectivity index (χ0n) is 16.3. The molecule has 1 aliphatic carbocycles. The van der Waals surface area contributed by atoms with Crippen molar-refractivity contribution in [1.82, 2.24) is 4.98 Å². The number of anilines is 1. The Hall–Kier alpha value is -2.70. The number of hydrogen-bond donors (Lipinski definition) is 2. The SMILES string of the molecule is O=C(Nc1cccnc1)C1=C[C@H](C2CCC2)C[C@H](OCc2ccc(CO)cc2)O1. The molecule has 6 nitrogen and oxygen atoms in total. The molecule has 1 aromatic carbocycles. The summed E-state index contributed by atoms with van der Waals surface area (Å²) in [6, 6.07) is 11.2. The van der Waals surface area contributed by atoms with Crippen LogP contribution in [0.1, 0.15) is 36.8 Å². The van der Waals surface area contributed by atoms with Crippen molar-refractivity contribution in [2.45, 2.75) is 45.2 Å². The number of benzene rings is 1. The zero-order chi connectivity index (χ0) is 20.1. The maximum absolute atomic E-state index is 12.7. The van der Waals surface area contributed by atoms with Crippen LogP contribution in [-0.2, 0) is 27.5 Å². The molecule has 0 bridgehead atoms. The summed E-state index contributed by atoms with van der Waals surface area (Å²) in [6.45, 7) is 0.418. The van der Waals surface area contributed by atoms with Gasteiger partial charge in [0.15, 0.2) is 5.76 Å². The van der Waals surface area contributed by atoms with Crippen LogP contribution >= 0.6 is 0 Å². The molecule has 152 valence electrons. The van der Waals surface area contributed by atoms with Gasteiger partial charge in [-0.2, -0.15) is 0 Å². The van der Waals surface area contributed by atoms with Gasteiger partial charge < -0.3 is 19.9 Å². The van der Waals surface area contributed by atoms with Crippen molar-refractivity contribution in [1.29, 1.82) is 0 Å². The normalized spacial score (nSPS) is 21.6. The fraction of sp³-hybridized carbons (Fsp3) is 0.391. The van der Waals surface area contributed by atoms with Crippen LogP contribution < -0.4 is 5.32 Å². The average Bonchev–Trinajstić information content (AvgIpc) is 2.72. The van der Waals surface area contributed by atoms with E-state index in [1.54, 1.807) is 24.5 Å². The van der Waals surface area contributed by atoms with Crippen molar-refractivity contribution >= 4 is 11.6 Å². The van der Waals surface area contributed by atoms with Gasteiger partial charge in [0.25, 0.3) is 5.91 Å². The maximum Gasteiger partial charge on any atom is 0.290 e. The Morgan fingerprint density at radius 3 is 2.66 bits per heavy atom. The molecule has 0 saturated heterocycles. The minimum absolute atomic E-state index is 0.0240. The van der Waals surface area contributed by atoms with Gasteiger partial charge in [0.1, 0.15) is 0 Å². The highest BCUT2D eigenvalue weighted by Crippen LogP contribution is 2.40. The minimum atomic E-state index is -0.460. The number of aliphatic hydroxyl groups is 1. The fourth-order valence-corrected chi connectivity index (χ4v) is 3.70. The first-order valence-corrected chi connectivity index (χ1v) is 10.1. The van der Waals surface area contributed by atoms with E-state index in [0.717, 1.165) is 17.5 Å². The summed E-state index contributed by atoms with van der Waals surface area (Å²) >= 11 is 0. The Labute approximate surface area is 170 Å². The monoisotopic (exact) mass is 394 g/mol. The third-order valence-corrected chi connectivity index (χ3v) is 5.63. The number of allylic oxidation sites excluding steroid dienone is 1. The molecule has 4 rings (SSSR count). The molecule has 2 N–H and O–H groups in total. The van der Waals surface area contributed by atoms with E-state index < -0.39 is 6.29 Å². The van der Waals surface area contributed by atoms with Gasteiger partial charge in [-0.25, -0.2) is 0 Å². The van der Waals surface area contributed by atoms with Gasteiger partial charge >= 0.3 is 0 Å². The second-order valence-corrected chi connectivity index (χ2v) is 7.65. The van der Waals surface area contributed by atoms with Crippen molar-refractivity contribution < 1.29 is 19.4 Å². The Morgan fingerprint density at radius 1 is 1.21 bits per heavy atom. The predicted octanol–water partition coefficient (Wildman–Crippen LogP) is 3.78. The van der Waals surface area contributed by atoms with E-state index in [1.807, 2.05) is 30.3 Å². The molecule has 1 aliphatic heterocycles. The number of aromatic nitrogens is 1. The van der Waals surface area contributed by atoms with Crippen molar-refractivity contribution in [3.63, 3.8) is 0 Å². The standard InChI is InChI=1S/C23H26N2O4/c26-14-16-6-8-17(9-7-16)15-28-22-12-19(18-3-1-4-18)11-21(29-22)23(27)25-20-5-2-10-24-13-20/h2,5-11,13,18-19,22,26H,1,3-4,12,14-15H2,(H,25,27)/t19-,22+/m0/s1. The lowest BCUT2D eigenvalue weighted by Crippen LogP contribution is -2.34. The first-order chi connectivity index (χ1) is 14.2.